The predicted molar refractivity (Wildman–Crippen MR) is 110 cm³/mol. The minimum Gasteiger partial charge on any atom is -0.338 e. The third-order valence-electron chi connectivity index (χ3n) is 6.19. The van der Waals surface area contributed by atoms with Crippen molar-refractivity contribution in [1.29, 1.82) is 0 Å². The largest absolute Gasteiger partial charge is 0.338 e. The quantitative estimate of drug-likeness (QED) is 0.813. The highest BCUT2D eigenvalue weighted by Crippen LogP contribution is 2.21. The van der Waals surface area contributed by atoms with Gasteiger partial charge in [0.25, 0.3) is 0 Å². The number of hydrogen-bond acceptors (Lipinski definition) is 3. The molecule has 0 saturated carbocycles. The van der Waals surface area contributed by atoms with Gasteiger partial charge in [0.1, 0.15) is 5.82 Å². The number of urea groups is 1. The average molecular weight is 400 g/mol. The first kappa shape index (κ1) is 19.9. The highest BCUT2D eigenvalue weighted by molar-refractivity contribution is 5.74. The standard InChI is InChI=1S/C22H30FN5O/c23-21-4-2-1-3-20(21)16-26-9-5-19(15-26)13-25-22(29)28-10-6-18(7-11-28)14-27-12-8-24-17-27/h1-4,8,12,17-19H,5-7,9-11,13-16H2,(H,25,29)/t19-/m1/s1. The third-order valence-corrected chi connectivity index (χ3v) is 6.19. The van der Waals surface area contributed by atoms with Gasteiger partial charge in [0.05, 0.1) is 6.33 Å². The zero-order valence-corrected chi connectivity index (χ0v) is 16.8. The van der Waals surface area contributed by atoms with Gasteiger partial charge in [-0.05, 0) is 43.7 Å². The molecule has 1 atom stereocenters. The van der Waals surface area contributed by atoms with Gasteiger partial charge in [-0.2, -0.15) is 0 Å². The second-order valence-corrected chi connectivity index (χ2v) is 8.36. The van der Waals surface area contributed by atoms with E-state index in [0.29, 0.717) is 24.9 Å². The average Bonchev–Trinajstić information content (AvgIpc) is 3.41. The number of halogens is 1. The minimum absolute atomic E-state index is 0.0543. The molecule has 2 aliphatic rings. The van der Waals surface area contributed by atoms with E-state index in [9.17, 15) is 9.18 Å². The number of hydrogen-bond donors (Lipinski definition) is 1. The van der Waals surface area contributed by atoms with E-state index < -0.39 is 0 Å². The van der Waals surface area contributed by atoms with Crippen molar-refractivity contribution >= 4 is 6.03 Å². The molecule has 2 fully saturated rings. The molecule has 2 amide bonds. The summed E-state index contributed by atoms with van der Waals surface area (Å²) in [5.74, 6) is 0.903. The van der Waals surface area contributed by atoms with Crippen LogP contribution in [0.1, 0.15) is 24.8 Å². The zero-order valence-electron chi connectivity index (χ0n) is 16.8. The fourth-order valence-electron chi connectivity index (χ4n) is 4.45. The van der Waals surface area contributed by atoms with Crippen LogP contribution in [-0.2, 0) is 13.1 Å². The van der Waals surface area contributed by atoms with Gasteiger partial charge in [-0.3, -0.25) is 4.90 Å². The van der Waals surface area contributed by atoms with E-state index in [1.807, 2.05) is 35.8 Å². The SMILES string of the molecule is O=C(NC[C@H]1CCN(Cc2ccccc2F)C1)N1CCC(Cn2ccnc2)CC1. The monoisotopic (exact) mass is 399 g/mol. The second kappa shape index (κ2) is 9.39. The van der Waals surface area contributed by atoms with Crippen LogP contribution in [-0.4, -0.2) is 58.1 Å². The van der Waals surface area contributed by atoms with Gasteiger partial charge in [-0.15, -0.1) is 0 Å². The lowest BCUT2D eigenvalue weighted by Gasteiger charge is -2.32. The molecule has 2 aliphatic heterocycles. The minimum atomic E-state index is -0.138. The number of carbonyl (C=O) groups is 1. The van der Waals surface area contributed by atoms with Gasteiger partial charge in [0.15, 0.2) is 0 Å². The molecule has 1 aromatic carbocycles. The lowest BCUT2D eigenvalue weighted by atomic mass is 9.97. The number of likely N-dealkylation sites (tertiary alicyclic amines) is 2. The summed E-state index contributed by atoms with van der Waals surface area (Å²) in [5, 5.41) is 3.12. The van der Waals surface area contributed by atoms with Crippen LogP contribution in [0.25, 0.3) is 0 Å². The van der Waals surface area contributed by atoms with Crippen molar-refractivity contribution in [1.82, 2.24) is 24.7 Å². The molecule has 6 nitrogen and oxygen atoms in total. The molecule has 29 heavy (non-hydrogen) atoms. The molecule has 4 rings (SSSR count). The van der Waals surface area contributed by atoms with Gasteiger partial charge < -0.3 is 14.8 Å². The van der Waals surface area contributed by atoms with Crippen molar-refractivity contribution in [3.05, 3.63) is 54.4 Å². The number of nitrogens with zero attached hydrogens (tertiary/aromatic N) is 4. The van der Waals surface area contributed by atoms with Gasteiger partial charge in [-0.1, -0.05) is 18.2 Å². The Morgan fingerprint density at radius 1 is 1.14 bits per heavy atom. The van der Waals surface area contributed by atoms with E-state index in [1.165, 1.54) is 6.07 Å². The van der Waals surface area contributed by atoms with Crippen LogP contribution in [0.3, 0.4) is 0 Å². The molecular formula is C22H30FN5O. The molecule has 156 valence electrons. The van der Waals surface area contributed by atoms with E-state index >= 15 is 0 Å². The highest BCUT2D eigenvalue weighted by atomic mass is 19.1. The van der Waals surface area contributed by atoms with Crippen molar-refractivity contribution < 1.29 is 9.18 Å². The zero-order chi connectivity index (χ0) is 20.1. The van der Waals surface area contributed by atoms with E-state index in [0.717, 1.165) is 57.5 Å². The Kier molecular flexibility index (Phi) is 6.44. The summed E-state index contributed by atoms with van der Waals surface area (Å²) in [5.41, 5.74) is 0.746. The van der Waals surface area contributed by atoms with Gasteiger partial charge in [0, 0.05) is 57.2 Å². The van der Waals surface area contributed by atoms with Gasteiger partial charge >= 0.3 is 6.03 Å². The Morgan fingerprint density at radius 3 is 2.69 bits per heavy atom. The van der Waals surface area contributed by atoms with E-state index in [2.05, 4.69) is 19.8 Å². The fraction of sp³-hybridized carbons (Fsp3) is 0.545. The summed E-state index contributed by atoms with van der Waals surface area (Å²) in [6.07, 6.45) is 8.77. The fourth-order valence-corrected chi connectivity index (χ4v) is 4.45. The predicted octanol–water partition coefficient (Wildman–Crippen LogP) is 2.97. The Balaban J connectivity index is 1.15. The summed E-state index contributed by atoms with van der Waals surface area (Å²) in [6.45, 7) is 5.80. The molecule has 2 saturated heterocycles. The topological polar surface area (TPSA) is 53.4 Å². The Hall–Kier alpha value is -2.41. The first-order chi connectivity index (χ1) is 14.2. The molecule has 7 heteroatoms. The number of nitrogens with one attached hydrogen (secondary N) is 1. The second-order valence-electron chi connectivity index (χ2n) is 8.36. The molecule has 0 bridgehead atoms. The molecule has 0 spiro atoms. The number of amides is 2. The number of aromatic nitrogens is 2. The maximum atomic E-state index is 13.8. The smallest absolute Gasteiger partial charge is 0.317 e. The Labute approximate surface area is 171 Å². The Bertz CT molecular complexity index is 788. The summed E-state index contributed by atoms with van der Waals surface area (Å²) in [7, 11) is 0. The molecule has 3 heterocycles. The first-order valence-corrected chi connectivity index (χ1v) is 10.6. The number of rotatable bonds is 6. The van der Waals surface area contributed by atoms with Crippen LogP contribution in [0.2, 0.25) is 0 Å². The summed E-state index contributed by atoms with van der Waals surface area (Å²) < 4.78 is 16.0. The molecule has 0 unspecified atom stereocenters. The van der Waals surface area contributed by atoms with Crippen molar-refractivity contribution in [2.24, 2.45) is 11.8 Å². The van der Waals surface area contributed by atoms with Crippen molar-refractivity contribution in [2.45, 2.75) is 32.4 Å². The molecule has 1 aromatic heterocycles. The molecule has 2 aromatic rings. The van der Waals surface area contributed by atoms with E-state index in [1.54, 1.807) is 6.07 Å². The van der Waals surface area contributed by atoms with Gasteiger partial charge in [0.2, 0.25) is 0 Å². The highest BCUT2D eigenvalue weighted by Gasteiger charge is 2.26. The molecule has 0 radical (unpaired) electrons. The van der Waals surface area contributed by atoms with Crippen LogP contribution >= 0.6 is 0 Å². The number of piperidine rings is 1. The van der Waals surface area contributed by atoms with Crippen LogP contribution in [0.4, 0.5) is 9.18 Å². The van der Waals surface area contributed by atoms with Crippen molar-refractivity contribution in [3.8, 4) is 0 Å². The number of benzene rings is 1. The van der Waals surface area contributed by atoms with E-state index in [4.69, 9.17) is 0 Å². The summed E-state index contributed by atoms with van der Waals surface area (Å²) >= 11 is 0. The lowest BCUT2D eigenvalue weighted by molar-refractivity contribution is 0.164. The van der Waals surface area contributed by atoms with Crippen LogP contribution < -0.4 is 5.32 Å². The molecule has 0 aliphatic carbocycles. The summed E-state index contributed by atoms with van der Waals surface area (Å²) in [6, 6.07) is 7.02. The first-order valence-electron chi connectivity index (χ1n) is 10.6. The van der Waals surface area contributed by atoms with Crippen molar-refractivity contribution in [3.63, 3.8) is 0 Å². The molecule has 1 N–H and O–H groups in total. The summed E-state index contributed by atoms with van der Waals surface area (Å²) in [4.78, 5) is 20.8. The third kappa shape index (κ3) is 5.35. The van der Waals surface area contributed by atoms with Gasteiger partial charge in [-0.25, -0.2) is 14.2 Å². The Morgan fingerprint density at radius 2 is 1.93 bits per heavy atom. The number of imidazole rings is 1. The molecular weight excluding hydrogens is 369 g/mol. The lowest BCUT2D eigenvalue weighted by Crippen LogP contribution is -2.46. The normalized spacial score (nSPS) is 20.9. The van der Waals surface area contributed by atoms with Crippen LogP contribution in [0.5, 0.6) is 0 Å². The van der Waals surface area contributed by atoms with Crippen LogP contribution in [0.15, 0.2) is 43.0 Å². The van der Waals surface area contributed by atoms with Crippen molar-refractivity contribution in [2.75, 3.05) is 32.7 Å². The maximum absolute atomic E-state index is 13.8. The maximum Gasteiger partial charge on any atom is 0.317 e. The van der Waals surface area contributed by atoms with E-state index in [-0.39, 0.29) is 11.8 Å². The number of carbonyl (C=O) groups excluding carboxylic acids is 1. The van der Waals surface area contributed by atoms with Crippen LogP contribution in [0, 0.1) is 17.7 Å².